The Morgan fingerprint density at radius 2 is 1.78 bits per heavy atom. The Kier molecular flexibility index (Phi) is 4.08. The summed E-state index contributed by atoms with van der Waals surface area (Å²) < 4.78 is 0. The Bertz CT molecular complexity index is 894. The van der Waals surface area contributed by atoms with Gasteiger partial charge >= 0.3 is 0 Å². The minimum Gasteiger partial charge on any atom is -0.493 e. The Hall–Kier alpha value is -2.73. The Balaban J connectivity index is 1.85. The van der Waals surface area contributed by atoms with Crippen LogP contribution >= 0.6 is 12.2 Å². The number of nitrogens with one attached hydrogen (secondary N) is 2. The Morgan fingerprint density at radius 3 is 2.52 bits per heavy atom. The van der Waals surface area contributed by atoms with Crippen molar-refractivity contribution in [1.29, 1.82) is 0 Å². The zero-order valence-corrected chi connectivity index (χ0v) is 13.6. The summed E-state index contributed by atoms with van der Waals surface area (Å²) >= 11 is 5.23. The van der Waals surface area contributed by atoms with Crippen molar-refractivity contribution in [2.24, 2.45) is 10.2 Å². The van der Waals surface area contributed by atoms with E-state index >= 15 is 0 Å². The minimum absolute atomic E-state index is 0.0233. The molecule has 0 spiro atoms. The monoisotopic (exact) mass is 324 g/mol. The van der Waals surface area contributed by atoms with Crippen molar-refractivity contribution >= 4 is 39.6 Å². The van der Waals surface area contributed by atoms with Gasteiger partial charge in [-0.3, -0.25) is 0 Å². The van der Waals surface area contributed by atoms with E-state index in [0.29, 0.717) is 5.69 Å². The van der Waals surface area contributed by atoms with Gasteiger partial charge in [0.1, 0.15) is 0 Å². The molecule has 116 valence electrons. The highest BCUT2D eigenvalue weighted by Crippen LogP contribution is 2.35. The second-order valence-electron chi connectivity index (χ2n) is 5.26. The van der Waals surface area contributed by atoms with Gasteiger partial charge in [0.15, 0.2) is 5.69 Å². The molecule has 0 aliphatic rings. The first-order valence-electron chi connectivity index (χ1n) is 7.15. The smallest absolute Gasteiger partial charge is 0.218 e. The van der Waals surface area contributed by atoms with E-state index in [9.17, 15) is 5.11 Å². The third-order valence-electron chi connectivity index (χ3n) is 3.61. The van der Waals surface area contributed by atoms with Gasteiger partial charge in [0, 0.05) is 11.1 Å². The first-order chi connectivity index (χ1) is 11.1. The number of aryl methyl sites for hydroxylation is 2. The van der Waals surface area contributed by atoms with Gasteiger partial charge in [-0.15, -0.1) is 10.2 Å². The van der Waals surface area contributed by atoms with Gasteiger partial charge in [0.05, 0.1) is 5.52 Å². The fourth-order valence-electron chi connectivity index (χ4n) is 2.45. The predicted molar refractivity (Wildman–Crippen MR) is 96.6 cm³/mol. The van der Waals surface area contributed by atoms with E-state index in [0.717, 1.165) is 27.7 Å². The van der Waals surface area contributed by atoms with E-state index in [1.807, 2.05) is 56.3 Å². The van der Waals surface area contributed by atoms with Gasteiger partial charge in [-0.1, -0.05) is 36.4 Å². The van der Waals surface area contributed by atoms with Gasteiger partial charge in [-0.25, -0.2) is 0 Å². The number of anilines is 1. The van der Waals surface area contributed by atoms with Crippen LogP contribution in [-0.4, -0.2) is 15.2 Å². The van der Waals surface area contributed by atoms with Crippen molar-refractivity contribution in [1.82, 2.24) is 4.98 Å². The molecule has 0 aliphatic heterocycles. The fraction of sp³-hybridized carbons (Fsp3) is 0.118. The highest BCUT2D eigenvalue weighted by atomic mass is 32.1. The maximum Gasteiger partial charge on any atom is 0.218 e. The minimum atomic E-state index is -0.0233. The van der Waals surface area contributed by atoms with Crippen LogP contribution in [0, 0.1) is 13.8 Å². The van der Waals surface area contributed by atoms with Crippen molar-refractivity contribution in [3.8, 4) is 5.88 Å². The van der Waals surface area contributed by atoms with Crippen molar-refractivity contribution in [3.63, 3.8) is 0 Å². The van der Waals surface area contributed by atoms with Gasteiger partial charge in [-0.05, 0) is 43.3 Å². The van der Waals surface area contributed by atoms with Crippen LogP contribution in [0.5, 0.6) is 5.88 Å². The summed E-state index contributed by atoms with van der Waals surface area (Å²) in [7, 11) is 0. The quantitative estimate of drug-likeness (QED) is 0.460. The van der Waals surface area contributed by atoms with E-state index in [1.165, 1.54) is 0 Å². The number of azo groups is 1. The molecule has 0 amide bonds. The maximum absolute atomic E-state index is 9.95. The highest BCUT2D eigenvalue weighted by molar-refractivity contribution is 7.80. The van der Waals surface area contributed by atoms with E-state index in [-0.39, 0.29) is 11.0 Å². The lowest BCUT2D eigenvalue weighted by Gasteiger charge is -2.10. The molecule has 3 rings (SSSR count). The third kappa shape index (κ3) is 3.07. The SMILES string of the molecule is Cc1cccc(C)c1NC(=S)N=Nc1c(O)[nH]c2ccccc12. The lowest BCUT2D eigenvalue weighted by molar-refractivity contribution is 0.459. The van der Waals surface area contributed by atoms with Gasteiger partial charge in [0.2, 0.25) is 11.0 Å². The number of aromatic nitrogens is 1. The molecule has 3 aromatic rings. The predicted octanol–water partition coefficient (Wildman–Crippen LogP) is 4.97. The average Bonchev–Trinajstić information content (AvgIpc) is 2.84. The molecular weight excluding hydrogens is 308 g/mol. The molecule has 0 bridgehead atoms. The molecule has 0 saturated heterocycles. The van der Waals surface area contributed by atoms with Gasteiger partial charge in [0.25, 0.3) is 0 Å². The average molecular weight is 324 g/mol. The molecule has 0 radical (unpaired) electrons. The lowest BCUT2D eigenvalue weighted by atomic mass is 10.1. The second-order valence-corrected chi connectivity index (χ2v) is 5.65. The second kappa shape index (κ2) is 6.18. The first kappa shape index (κ1) is 15.2. The molecule has 0 fully saturated rings. The summed E-state index contributed by atoms with van der Waals surface area (Å²) in [4.78, 5) is 2.86. The van der Waals surface area contributed by atoms with Crippen LogP contribution in [0.4, 0.5) is 11.4 Å². The van der Waals surface area contributed by atoms with Crippen LogP contribution in [0.3, 0.4) is 0 Å². The van der Waals surface area contributed by atoms with Gasteiger partial charge < -0.3 is 15.4 Å². The Morgan fingerprint density at radius 1 is 1.09 bits per heavy atom. The number of aromatic hydroxyl groups is 1. The van der Waals surface area contributed by atoms with Crippen LogP contribution in [-0.2, 0) is 0 Å². The standard InChI is InChI=1S/C17H16N4OS/c1-10-6-5-7-11(2)14(10)19-17(23)21-20-15-12-8-3-4-9-13(12)18-16(15)22/h3-9,18,22H,1-2H3,(H,19,23). The summed E-state index contributed by atoms with van der Waals surface area (Å²) in [5.74, 6) is -0.0233. The van der Waals surface area contributed by atoms with Gasteiger partial charge in [-0.2, -0.15) is 0 Å². The normalized spacial score (nSPS) is 11.2. The molecule has 1 heterocycles. The molecule has 3 N–H and O–H groups in total. The number of thiocarbonyl (C=S) groups is 1. The maximum atomic E-state index is 9.95. The molecule has 1 aromatic heterocycles. The highest BCUT2D eigenvalue weighted by Gasteiger charge is 2.10. The number of nitrogens with zero attached hydrogens (tertiary/aromatic N) is 2. The molecule has 23 heavy (non-hydrogen) atoms. The summed E-state index contributed by atoms with van der Waals surface area (Å²) in [6.07, 6.45) is 0. The molecule has 0 aliphatic carbocycles. The molecule has 0 unspecified atom stereocenters. The van der Waals surface area contributed by atoms with Crippen molar-refractivity contribution in [2.75, 3.05) is 5.32 Å². The van der Waals surface area contributed by atoms with Crippen molar-refractivity contribution < 1.29 is 5.11 Å². The fourth-order valence-corrected chi connectivity index (χ4v) is 2.60. The number of fused-ring (bicyclic) bond motifs is 1. The zero-order valence-electron chi connectivity index (χ0n) is 12.8. The van der Waals surface area contributed by atoms with E-state index in [1.54, 1.807) is 0 Å². The summed E-state index contributed by atoms with van der Waals surface area (Å²) in [6, 6.07) is 13.5. The van der Waals surface area contributed by atoms with Crippen LogP contribution in [0.1, 0.15) is 11.1 Å². The van der Waals surface area contributed by atoms with Crippen LogP contribution in [0.25, 0.3) is 10.9 Å². The van der Waals surface area contributed by atoms with E-state index < -0.39 is 0 Å². The number of aromatic amines is 1. The van der Waals surface area contributed by atoms with Crippen LogP contribution < -0.4 is 5.32 Å². The summed E-state index contributed by atoms with van der Waals surface area (Å²) in [5.41, 5.74) is 4.27. The van der Waals surface area contributed by atoms with Crippen LogP contribution in [0.2, 0.25) is 0 Å². The van der Waals surface area contributed by atoms with Crippen LogP contribution in [0.15, 0.2) is 52.7 Å². The topological polar surface area (TPSA) is 72.8 Å². The summed E-state index contributed by atoms with van der Waals surface area (Å²) in [5, 5.41) is 22.2. The number of hydrogen-bond donors (Lipinski definition) is 3. The number of benzene rings is 2. The number of H-pyrrole nitrogens is 1. The first-order valence-corrected chi connectivity index (χ1v) is 7.55. The zero-order chi connectivity index (χ0) is 16.4. The van der Waals surface area contributed by atoms with Crippen molar-refractivity contribution in [3.05, 3.63) is 53.6 Å². The molecule has 0 saturated carbocycles. The third-order valence-corrected chi connectivity index (χ3v) is 3.80. The molecule has 2 aromatic carbocycles. The molecular formula is C17H16N4OS. The molecule has 5 nitrogen and oxygen atoms in total. The Labute approximate surface area is 139 Å². The largest absolute Gasteiger partial charge is 0.493 e. The number of para-hydroxylation sites is 2. The van der Waals surface area contributed by atoms with Crippen molar-refractivity contribution in [2.45, 2.75) is 13.8 Å². The summed E-state index contributed by atoms with van der Waals surface area (Å²) in [6.45, 7) is 4.00. The molecule has 6 heteroatoms. The lowest BCUT2D eigenvalue weighted by Crippen LogP contribution is -2.07. The van der Waals surface area contributed by atoms with E-state index in [2.05, 4.69) is 20.5 Å². The molecule has 0 atom stereocenters. The number of hydrogen-bond acceptors (Lipinski definition) is 3. The number of rotatable bonds is 2. The van der Waals surface area contributed by atoms with E-state index in [4.69, 9.17) is 12.2 Å².